The third kappa shape index (κ3) is 4.11. The molecule has 1 saturated heterocycles. The van der Waals surface area contributed by atoms with Crippen molar-refractivity contribution in [1.29, 1.82) is 0 Å². The number of likely N-dealkylation sites (tertiary alicyclic amines) is 1. The van der Waals surface area contributed by atoms with Gasteiger partial charge in [-0.3, -0.25) is 0 Å². The average Bonchev–Trinajstić information content (AvgIpc) is 3.36. The summed E-state index contributed by atoms with van der Waals surface area (Å²) in [5, 5.41) is 24.9. The maximum absolute atomic E-state index is 11.0. The van der Waals surface area contributed by atoms with Gasteiger partial charge in [-0.2, -0.15) is 4.68 Å². The van der Waals surface area contributed by atoms with E-state index in [9.17, 15) is 4.79 Å². The van der Waals surface area contributed by atoms with Gasteiger partial charge >= 0.3 is 6.09 Å². The number of benzene rings is 1. The van der Waals surface area contributed by atoms with E-state index in [0.717, 1.165) is 34.4 Å². The van der Waals surface area contributed by atoms with Crippen molar-refractivity contribution in [3.05, 3.63) is 46.4 Å². The fourth-order valence-electron chi connectivity index (χ4n) is 3.03. The zero-order valence-electron chi connectivity index (χ0n) is 14.4. The van der Waals surface area contributed by atoms with Crippen LogP contribution in [-0.2, 0) is 5.75 Å². The van der Waals surface area contributed by atoms with E-state index in [0.29, 0.717) is 24.8 Å². The smallest absolute Gasteiger partial charge is 0.407 e. The lowest BCUT2D eigenvalue weighted by Crippen LogP contribution is -2.36. The quantitative estimate of drug-likeness (QED) is 0.654. The van der Waals surface area contributed by atoms with E-state index >= 15 is 0 Å². The first kappa shape index (κ1) is 17.9. The number of hydrogen-bond donors (Lipinski definition) is 1. The third-order valence-corrected chi connectivity index (χ3v) is 6.48. The highest BCUT2D eigenvalue weighted by molar-refractivity contribution is 7.98. The Kier molecular flexibility index (Phi) is 5.35. The van der Waals surface area contributed by atoms with Gasteiger partial charge in [-0.15, -0.1) is 16.4 Å². The molecular weight excluding hydrogens is 384 g/mol. The summed E-state index contributed by atoms with van der Waals surface area (Å²) >= 11 is 3.21. The second kappa shape index (κ2) is 8.05. The van der Waals surface area contributed by atoms with Gasteiger partial charge in [0.25, 0.3) is 0 Å². The van der Waals surface area contributed by atoms with Crippen molar-refractivity contribution in [1.82, 2.24) is 30.1 Å². The number of nitrogens with zero attached hydrogens (tertiary/aromatic N) is 6. The third-order valence-electron chi connectivity index (χ3n) is 4.48. The number of thioether (sulfide) groups is 1. The molecule has 0 aliphatic carbocycles. The van der Waals surface area contributed by atoms with Crippen LogP contribution in [0.1, 0.15) is 29.5 Å². The number of aromatic nitrogens is 5. The summed E-state index contributed by atoms with van der Waals surface area (Å²) in [6, 6.07) is 9.79. The highest BCUT2D eigenvalue weighted by Gasteiger charge is 2.25. The Morgan fingerprint density at radius 1 is 1.26 bits per heavy atom. The van der Waals surface area contributed by atoms with Gasteiger partial charge < -0.3 is 10.0 Å². The molecule has 4 rings (SSSR count). The number of thiazole rings is 1. The normalized spacial score (nSPS) is 15.2. The summed E-state index contributed by atoms with van der Waals surface area (Å²) in [6.45, 7) is 1.16. The molecule has 1 aliphatic heterocycles. The Balaban J connectivity index is 1.37. The Bertz CT molecular complexity index is 905. The minimum atomic E-state index is -0.833. The Labute approximate surface area is 164 Å². The Morgan fingerprint density at radius 3 is 2.78 bits per heavy atom. The molecule has 2 aromatic heterocycles. The second-order valence-electron chi connectivity index (χ2n) is 6.22. The summed E-state index contributed by atoms with van der Waals surface area (Å²) in [6.07, 6.45) is 0.831. The van der Waals surface area contributed by atoms with Gasteiger partial charge in [0.15, 0.2) is 0 Å². The molecule has 8 nitrogen and oxygen atoms in total. The summed E-state index contributed by atoms with van der Waals surface area (Å²) in [5.74, 6) is 1.04. The first-order valence-electron chi connectivity index (χ1n) is 8.59. The molecule has 0 unspecified atom stereocenters. The molecule has 0 saturated carbocycles. The Hall–Kier alpha value is -2.46. The topological polar surface area (TPSA) is 97.0 Å². The first-order valence-corrected chi connectivity index (χ1v) is 10.5. The van der Waals surface area contributed by atoms with E-state index < -0.39 is 6.09 Å². The van der Waals surface area contributed by atoms with Crippen molar-refractivity contribution in [2.45, 2.75) is 29.7 Å². The molecule has 27 heavy (non-hydrogen) atoms. The van der Waals surface area contributed by atoms with Crippen LogP contribution >= 0.6 is 23.1 Å². The summed E-state index contributed by atoms with van der Waals surface area (Å²) in [5.41, 5.74) is 1.93. The molecule has 0 spiro atoms. The SMILES string of the molecule is O=C(O)N1CCC(c2nc(CSc3nnnn3-c3ccccc3)cs2)CC1. The summed E-state index contributed by atoms with van der Waals surface area (Å²) in [4.78, 5) is 17.3. The van der Waals surface area contributed by atoms with Crippen molar-refractivity contribution in [2.24, 2.45) is 0 Å². The fourth-order valence-corrected chi connectivity index (χ4v) is 4.91. The molecule has 0 bridgehead atoms. The van der Waals surface area contributed by atoms with Crippen LogP contribution in [0.2, 0.25) is 0 Å². The molecular formula is C17H18N6O2S2. The Morgan fingerprint density at radius 2 is 2.04 bits per heavy atom. The minimum absolute atomic E-state index is 0.346. The first-order chi connectivity index (χ1) is 13.2. The summed E-state index contributed by atoms with van der Waals surface area (Å²) < 4.78 is 1.72. The van der Waals surface area contributed by atoms with Crippen LogP contribution in [0.15, 0.2) is 40.9 Å². The minimum Gasteiger partial charge on any atom is -0.465 e. The predicted octanol–water partition coefficient (Wildman–Crippen LogP) is 3.27. The molecule has 0 radical (unpaired) electrons. The van der Waals surface area contributed by atoms with Gasteiger partial charge in [0.1, 0.15) is 0 Å². The monoisotopic (exact) mass is 402 g/mol. The second-order valence-corrected chi connectivity index (χ2v) is 8.05. The van der Waals surface area contributed by atoms with Crippen molar-refractivity contribution in [3.63, 3.8) is 0 Å². The molecule has 10 heteroatoms. The fraction of sp³-hybridized carbons (Fsp3) is 0.353. The van der Waals surface area contributed by atoms with Crippen LogP contribution in [0.3, 0.4) is 0 Å². The van der Waals surface area contributed by atoms with Crippen LogP contribution in [0, 0.1) is 0 Å². The van der Waals surface area contributed by atoms with Gasteiger partial charge in [-0.1, -0.05) is 30.0 Å². The van der Waals surface area contributed by atoms with Crippen LogP contribution in [0.4, 0.5) is 4.79 Å². The highest BCUT2D eigenvalue weighted by Crippen LogP contribution is 2.31. The molecule has 1 amide bonds. The van der Waals surface area contributed by atoms with E-state index in [1.165, 1.54) is 4.90 Å². The van der Waals surface area contributed by atoms with Crippen molar-refractivity contribution in [3.8, 4) is 5.69 Å². The van der Waals surface area contributed by atoms with Crippen molar-refractivity contribution < 1.29 is 9.90 Å². The number of tetrazole rings is 1. The lowest BCUT2D eigenvalue weighted by Gasteiger charge is -2.28. The molecule has 1 N–H and O–H groups in total. The van der Waals surface area contributed by atoms with E-state index in [1.807, 2.05) is 30.3 Å². The molecule has 1 fully saturated rings. The number of carbonyl (C=O) groups is 1. The number of para-hydroxylation sites is 1. The maximum atomic E-state index is 11.0. The number of piperidine rings is 1. The standard InChI is InChI=1S/C17H18N6O2S2/c24-17(25)22-8-6-12(7-9-22)15-18-13(10-26-15)11-27-16-19-20-21-23(16)14-4-2-1-3-5-14/h1-5,10,12H,6-9,11H2,(H,24,25). The molecule has 140 valence electrons. The molecule has 1 aliphatic rings. The molecule has 1 aromatic carbocycles. The number of carboxylic acid groups (broad SMARTS) is 1. The summed E-state index contributed by atoms with van der Waals surface area (Å²) in [7, 11) is 0. The molecule has 3 aromatic rings. The zero-order chi connectivity index (χ0) is 18.6. The average molecular weight is 403 g/mol. The number of hydrogen-bond acceptors (Lipinski definition) is 7. The maximum Gasteiger partial charge on any atom is 0.407 e. The number of rotatable bonds is 5. The predicted molar refractivity (Wildman–Crippen MR) is 102 cm³/mol. The highest BCUT2D eigenvalue weighted by atomic mass is 32.2. The van der Waals surface area contributed by atoms with Gasteiger partial charge in [0.05, 0.1) is 16.4 Å². The largest absolute Gasteiger partial charge is 0.465 e. The van der Waals surface area contributed by atoms with E-state index in [-0.39, 0.29) is 0 Å². The van der Waals surface area contributed by atoms with Crippen LogP contribution in [-0.4, -0.2) is 54.4 Å². The van der Waals surface area contributed by atoms with Crippen molar-refractivity contribution in [2.75, 3.05) is 13.1 Å². The number of amides is 1. The lowest BCUT2D eigenvalue weighted by atomic mass is 9.98. The van der Waals surface area contributed by atoms with Crippen LogP contribution < -0.4 is 0 Å². The van der Waals surface area contributed by atoms with E-state index in [1.54, 1.807) is 27.8 Å². The van der Waals surface area contributed by atoms with E-state index in [4.69, 9.17) is 10.1 Å². The van der Waals surface area contributed by atoms with Gasteiger partial charge in [-0.25, -0.2) is 9.78 Å². The zero-order valence-corrected chi connectivity index (χ0v) is 16.1. The van der Waals surface area contributed by atoms with Gasteiger partial charge in [-0.05, 0) is 35.4 Å². The molecule has 3 heterocycles. The van der Waals surface area contributed by atoms with Gasteiger partial charge in [0.2, 0.25) is 5.16 Å². The van der Waals surface area contributed by atoms with E-state index in [2.05, 4.69) is 20.9 Å². The van der Waals surface area contributed by atoms with Crippen LogP contribution in [0.25, 0.3) is 5.69 Å². The van der Waals surface area contributed by atoms with Crippen molar-refractivity contribution >= 4 is 29.2 Å². The lowest BCUT2D eigenvalue weighted by molar-refractivity contribution is 0.132. The molecule has 0 atom stereocenters. The van der Waals surface area contributed by atoms with Crippen LogP contribution in [0.5, 0.6) is 0 Å². The van der Waals surface area contributed by atoms with Gasteiger partial charge in [0, 0.05) is 30.1 Å².